The van der Waals surface area contributed by atoms with E-state index in [2.05, 4.69) is 50.1 Å². The Labute approximate surface area is 460 Å². The van der Waals surface area contributed by atoms with Crippen molar-refractivity contribution in [3.8, 4) is 0 Å². The molecule has 2 aromatic carbocycles. The average Bonchev–Trinajstić information content (AvgIpc) is 3.73. The van der Waals surface area contributed by atoms with Crippen LogP contribution in [0.1, 0.15) is 65.0 Å². The van der Waals surface area contributed by atoms with Crippen LogP contribution in [-0.2, 0) is 89.2 Å². The van der Waals surface area contributed by atoms with Crippen LogP contribution in [0, 0.1) is 5.92 Å². The fourth-order valence-electron chi connectivity index (χ4n) is 10.1. The third kappa shape index (κ3) is 17.0. The van der Waals surface area contributed by atoms with E-state index in [0.29, 0.717) is 0 Å². The Hall–Kier alpha value is -8.59. The lowest BCUT2D eigenvalue weighted by Gasteiger charge is -2.50. The first-order valence-electron chi connectivity index (χ1n) is 25.3. The average molecular weight is 1130 g/mol. The number of carbonyl (C=O) groups excluding carboxylic acids is 6. The second kappa shape index (κ2) is 30.1. The van der Waals surface area contributed by atoms with Crippen molar-refractivity contribution >= 4 is 35.9 Å². The largest absolute Gasteiger partial charge is 0.463 e. The summed E-state index contributed by atoms with van der Waals surface area (Å²) in [6.07, 6.45) is -19.9. The molecule has 3 heterocycles. The van der Waals surface area contributed by atoms with E-state index in [0.717, 1.165) is 45.7 Å². The number of esters is 5. The van der Waals surface area contributed by atoms with Crippen molar-refractivity contribution < 1.29 is 80.9 Å². The highest BCUT2D eigenvalue weighted by atomic mass is 16.8. The molecule has 4 fully saturated rings. The lowest BCUT2D eigenvalue weighted by molar-refractivity contribution is -0.286. The first-order chi connectivity index (χ1) is 39.0. The Morgan fingerprint density at radius 3 is 1.72 bits per heavy atom. The second-order valence-corrected chi connectivity index (χ2v) is 18.8. The number of azide groups is 5. The van der Waals surface area contributed by atoms with Crippen molar-refractivity contribution in [2.24, 2.45) is 31.5 Å². The summed E-state index contributed by atoms with van der Waals surface area (Å²) in [5.74, 6) is -5.98. The quantitative estimate of drug-likeness (QED) is 0.0358. The summed E-state index contributed by atoms with van der Waals surface area (Å²) >= 11 is 0. The van der Waals surface area contributed by atoms with Gasteiger partial charge in [-0.15, -0.1) is 0 Å². The van der Waals surface area contributed by atoms with E-state index < -0.39 is 153 Å². The SMILES string of the molecule is CC(=O)OC[C@H]1O[C@@H](O[C@H]2C([C@H]3O[C@H](CN(Cc4ccccc4)C(=O)OCc4ccccc4)CCC3N=[N+]=[N-])C(N=[N+]=[N-])CC(N=[N+]=[N-])[C@@H]2OC(C)=O)[C@H](OC(C)=O)[C@@H]1O[C@H]1O[C@@H](CN=[N+]=[N-])[C@@H](OC(C)=O)[C@H](OC(C)=O)C1N=[N+]=[N-]. The van der Waals surface area contributed by atoms with Gasteiger partial charge in [-0.05, 0) is 58.0 Å². The molecule has 4 aliphatic rings. The number of benzene rings is 2. The molecule has 33 heteroatoms. The Bertz CT molecular complexity index is 2790. The summed E-state index contributed by atoms with van der Waals surface area (Å²) in [4.78, 5) is 93.9. The lowest BCUT2D eigenvalue weighted by atomic mass is 9.72. The summed E-state index contributed by atoms with van der Waals surface area (Å²) in [5, 5.41) is 19.3. The third-order valence-corrected chi connectivity index (χ3v) is 13.2. The van der Waals surface area contributed by atoms with Crippen LogP contribution in [0.25, 0.3) is 52.2 Å². The van der Waals surface area contributed by atoms with Gasteiger partial charge in [-0.3, -0.25) is 24.0 Å². The summed E-state index contributed by atoms with van der Waals surface area (Å²) in [7, 11) is 0. The van der Waals surface area contributed by atoms with Gasteiger partial charge in [0.05, 0.1) is 37.4 Å². The van der Waals surface area contributed by atoms with Crippen LogP contribution in [0.15, 0.2) is 86.2 Å². The molecular weight excluding hydrogens is 1070 g/mol. The molecular formula is C48H58N16O17. The van der Waals surface area contributed by atoms with Gasteiger partial charge in [0, 0.05) is 77.7 Å². The smallest absolute Gasteiger partial charge is 0.410 e. The molecule has 2 aromatic rings. The first kappa shape index (κ1) is 61.6. The summed E-state index contributed by atoms with van der Waals surface area (Å²) in [6, 6.07) is 12.5. The molecule has 3 saturated heterocycles. The normalized spacial score (nSPS) is 30.3. The molecule has 3 aliphatic heterocycles. The fourth-order valence-corrected chi connectivity index (χ4v) is 10.1. The van der Waals surface area contributed by atoms with Crippen molar-refractivity contribution in [1.29, 1.82) is 0 Å². The predicted octanol–water partition coefficient (Wildman–Crippen LogP) is 6.93. The lowest BCUT2D eigenvalue weighted by Crippen LogP contribution is -2.63. The second-order valence-electron chi connectivity index (χ2n) is 18.8. The number of hydrogen-bond acceptors (Lipinski definition) is 22. The molecule has 33 nitrogen and oxygen atoms in total. The van der Waals surface area contributed by atoms with Crippen LogP contribution >= 0.6 is 0 Å². The Balaban J connectivity index is 1.45. The molecule has 0 aromatic heterocycles. The summed E-state index contributed by atoms with van der Waals surface area (Å²) in [6.45, 7) is 3.76. The zero-order chi connectivity index (χ0) is 58.6. The van der Waals surface area contributed by atoms with Crippen LogP contribution in [0.5, 0.6) is 0 Å². The van der Waals surface area contributed by atoms with Crippen molar-refractivity contribution in [1.82, 2.24) is 4.90 Å². The van der Waals surface area contributed by atoms with Crippen LogP contribution in [0.3, 0.4) is 0 Å². The van der Waals surface area contributed by atoms with Crippen molar-refractivity contribution in [2.45, 2.75) is 165 Å². The van der Waals surface area contributed by atoms with E-state index in [1.807, 2.05) is 24.3 Å². The van der Waals surface area contributed by atoms with Crippen LogP contribution < -0.4 is 0 Å². The maximum absolute atomic E-state index is 14.0. The summed E-state index contributed by atoms with van der Waals surface area (Å²) in [5.41, 5.74) is 50.5. The van der Waals surface area contributed by atoms with E-state index in [-0.39, 0.29) is 39.0 Å². The zero-order valence-electron chi connectivity index (χ0n) is 44.3. The molecule has 1 amide bonds. The Morgan fingerprint density at radius 2 is 1.11 bits per heavy atom. The van der Waals surface area contributed by atoms with Gasteiger partial charge in [-0.1, -0.05) is 86.2 Å². The molecule has 6 rings (SSSR count). The minimum absolute atomic E-state index is 0.0621. The number of ether oxygens (including phenoxy) is 11. The van der Waals surface area contributed by atoms with Gasteiger partial charge < -0.3 is 57.0 Å². The highest BCUT2D eigenvalue weighted by molar-refractivity contribution is 5.69. The molecule has 17 atom stereocenters. The maximum Gasteiger partial charge on any atom is 0.410 e. The van der Waals surface area contributed by atoms with Gasteiger partial charge in [0.25, 0.3) is 0 Å². The standard InChI is InChI=1S/C48H58N16O17/c1-24(65)71-23-36-42(80-46-38(58-63-53)44(75-27(4)68)41(74-26(3)67)35(78-46)19-54-59-49)45(76-28(5)69)47(79-36)81-43-37(33(56-61-51)18-34(57-62-52)40(43)73-25(2)66)39-32(55-60-50)17-16-31(77-39)21-64(20-29-12-8-6-9-13-29)48(70)72-22-30-14-10-7-11-15-30/h6-15,31-47H,16-23H2,1-5H3/t31-,32?,33?,34?,35-,36+,37?,38?,39-,40-,41+,42+,43-,44+,45+,46+,47-/m0/s1. The maximum atomic E-state index is 14.0. The van der Waals surface area contributed by atoms with Crippen LogP contribution in [0.4, 0.5) is 4.79 Å². The van der Waals surface area contributed by atoms with Gasteiger partial charge in [0.2, 0.25) is 0 Å². The van der Waals surface area contributed by atoms with Crippen molar-refractivity contribution in [2.75, 3.05) is 19.7 Å². The molecule has 0 radical (unpaired) electrons. The Morgan fingerprint density at radius 1 is 0.556 bits per heavy atom. The molecule has 81 heavy (non-hydrogen) atoms. The minimum Gasteiger partial charge on any atom is -0.463 e. The monoisotopic (exact) mass is 1130 g/mol. The predicted molar refractivity (Wildman–Crippen MR) is 271 cm³/mol. The van der Waals surface area contributed by atoms with Crippen LogP contribution in [0.2, 0.25) is 0 Å². The molecule has 0 bridgehead atoms. The zero-order valence-corrected chi connectivity index (χ0v) is 44.3. The molecule has 1 aliphatic carbocycles. The third-order valence-electron chi connectivity index (χ3n) is 13.2. The highest BCUT2D eigenvalue weighted by Crippen LogP contribution is 2.44. The molecule has 432 valence electrons. The molecule has 0 N–H and O–H groups in total. The highest BCUT2D eigenvalue weighted by Gasteiger charge is 2.59. The van der Waals surface area contributed by atoms with Gasteiger partial charge in [0.15, 0.2) is 30.9 Å². The van der Waals surface area contributed by atoms with Gasteiger partial charge in [-0.2, -0.15) is 0 Å². The van der Waals surface area contributed by atoms with E-state index in [4.69, 9.17) is 52.1 Å². The molecule has 5 unspecified atom stereocenters. The van der Waals surface area contributed by atoms with Gasteiger partial charge in [0.1, 0.15) is 49.8 Å². The number of carbonyl (C=O) groups is 6. The van der Waals surface area contributed by atoms with Crippen LogP contribution in [-0.4, -0.2) is 158 Å². The number of nitrogens with zero attached hydrogens (tertiary/aromatic N) is 16. The van der Waals surface area contributed by atoms with Gasteiger partial charge in [-0.25, -0.2) is 4.79 Å². The number of rotatable bonds is 23. The fraction of sp³-hybridized carbons (Fsp3) is 0.625. The number of hydrogen-bond donors (Lipinski definition) is 0. The van der Waals surface area contributed by atoms with Crippen molar-refractivity contribution in [3.63, 3.8) is 0 Å². The summed E-state index contributed by atoms with van der Waals surface area (Å²) < 4.78 is 66.5. The topological polar surface area (TPSA) is 451 Å². The minimum atomic E-state index is -1.92. The molecule has 0 spiro atoms. The van der Waals surface area contributed by atoms with E-state index in [1.54, 1.807) is 36.4 Å². The first-order valence-corrected chi connectivity index (χ1v) is 25.3. The van der Waals surface area contributed by atoms with Crippen molar-refractivity contribution in [3.05, 3.63) is 124 Å². The van der Waals surface area contributed by atoms with E-state index >= 15 is 0 Å². The van der Waals surface area contributed by atoms with E-state index in [9.17, 15) is 56.4 Å². The molecule has 1 saturated carbocycles. The van der Waals surface area contributed by atoms with E-state index in [1.165, 1.54) is 4.90 Å². The Kier molecular flexibility index (Phi) is 22.9. The number of amides is 1. The van der Waals surface area contributed by atoms with Gasteiger partial charge >= 0.3 is 35.9 Å².